The van der Waals surface area contributed by atoms with Crippen LogP contribution in [0.5, 0.6) is 11.6 Å². The van der Waals surface area contributed by atoms with Crippen LogP contribution in [0.15, 0.2) is 37.1 Å². The van der Waals surface area contributed by atoms with E-state index in [9.17, 15) is 4.39 Å². The highest BCUT2D eigenvalue weighted by atomic mass is 19.1. The number of anilines is 1. The maximum atomic E-state index is 14.5. The van der Waals surface area contributed by atoms with E-state index in [1.165, 1.54) is 44.4 Å². The first-order chi connectivity index (χ1) is 20.4. The van der Waals surface area contributed by atoms with Gasteiger partial charge in [-0.05, 0) is 67.6 Å². The third kappa shape index (κ3) is 4.54. The van der Waals surface area contributed by atoms with Crippen molar-refractivity contribution in [2.75, 3.05) is 44.2 Å². The number of ether oxygens (including phenoxy) is 1. The number of likely N-dealkylation sites (tertiary alicyclic amines) is 1. The van der Waals surface area contributed by atoms with E-state index in [1.807, 2.05) is 0 Å². The van der Waals surface area contributed by atoms with Gasteiger partial charge in [-0.2, -0.15) is 0 Å². The molecule has 2 spiro atoms. The minimum Gasteiger partial charge on any atom is -0.434 e. The quantitative estimate of drug-likeness (QED) is 0.415. The molecule has 1 atom stereocenters. The monoisotopic (exact) mass is 570 g/mol. The Balaban J connectivity index is 0.994. The SMILES string of the molecule is CC(C)[C@H](C1CC2(CNC2)C1)N1CC2(CCN(c3ncnnc3Oc3ccc(F)cc3-c3cncnc3C3CC3)C2)C1. The van der Waals surface area contributed by atoms with Crippen molar-refractivity contribution in [1.29, 1.82) is 0 Å². The number of rotatable bonds is 8. The largest absolute Gasteiger partial charge is 0.434 e. The van der Waals surface area contributed by atoms with Gasteiger partial charge in [0.15, 0.2) is 5.82 Å². The summed E-state index contributed by atoms with van der Waals surface area (Å²) in [5.41, 5.74) is 3.24. The van der Waals surface area contributed by atoms with Crippen molar-refractivity contribution < 1.29 is 9.13 Å². The fourth-order valence-corrected chi connectivity index (χ4v) is 8.40. The molecule has 5 fully saturated rings. The molecule has 2 saturated carbocycles. The average molecular weight is 571 g/mol. The maximum absolute atomic E-state index is 14.5. The van der Waals surface area contributed by atoms with Gasteiger partial charge < -0.3 is 15.0 Å². The Kier molecular flexibility index (Phi) is 6.23. The van der Waals surface area contributed by atoms with E-state index >= 15 is 0 Å². The molecular weight excluding hydrogens is 531 g/mol. The molecule has 5 heterocycles. The lowest BCUT2D eigenvalue weighted by Gasteiger charge is -2.62. The van der Waals surface area contributed by atoms with Crippen LogP contribution >= 0.6 is 0 Å². The van der Waals surface area contributed by atoms with E-state index < -0.39 is 0 Å². The van der Waals surface area contributed by atoms with Crippen LogP contribution in [-0.4, -0.2) is 75.4 Å². The third-order valence-corrected chi connectivity index (χ3v) is 10.5. The molecule has 5 aliphatic rings. The lowest BCUT2D eigenvalue weighted by Crippen LogP contribution is -2.68. The molecule has 2 aliphatic carbocycles. The molecule has 0 amide bonds. The van der Waals surface area contributed by atoms with Gasteiger partial charge in [0.25, 0.3) is 5.88 Å². The zero-order chi connectivity index (χ0) is 28.5. The highest BCUT2D eigenvalue weighted by Crippen LogP contribution is 2.54. The standard InChI is InChI=1S/C32H39FN8O/c1-20(2)28(22-10-32(11-22)13-35-14-32)41-16-31(17-41)7-8-40(15-31)29-30(39-38-19-37-29)42-26-6-5-23(33)9-24(26)25-12-34-18-36-27(25)21-3-4-21/h5-6,9,12,18-22,28,35H,3-4,7-8,10-11,13-17H2,1-2H3/t28-/m1/s1. The van der Waals surface area contributed by atoms with Crippen LogP contribution in [0.3, 0.4) is 0 Å². The Bertz CT molecular complexity index is 1480. The molecule has 3 aromatic rings. The summed E-state index contributed by atoms with van der Waals surface area (Å²) in [4.78, 5) is 18.5. The molecule has 0 bridgehead atoms. The Morgan fingerprint density at radius 1 is 1.02 bits per heavy atom. The predicted molar refractivity (Wildman–Crippen MR) is 157 cm³/mol. The fraction of sp³-hybridized carbons (Fsp3) is 0.594. The summed E-state index contributed by atoms with van der Waals surface area (Å²) >= 11 is 0. The smallest absolute Gasteiger partial charge is 0.282 e. The molecule has 1 aromatic carbocycles. The van der Waals surface area contributed by atoms with Gasteiger partial charge in [0.1, 0.15) is 24.2 Å². The first kappa shape index (κ1) is 26.4. The van der Waals surface area contributed by atoms with Crippen LogP contribution in [0.25, 0.3) is 11.1 Å². The number of hydrogen-bond donors (Lipinski definition) is 1. The number of benzene rings is 1. The number of nitrogens with zero attached hydrogens (tertiary/aromatic N) is 7. The predicted octanol–water partition coefficient (Wildman–Crippen LogP) is 4.67. The van der Waals surface area contributed by atoms with E-state index in [2.05, 4.69) is 54.1 Å². The molecule has 9 nitrogen and oxygen atoms in total. The summed E-state index contributed by atoms with van der Waals surface area (Å²) in [6, 6.07) is 5.23. The molecule has 8 rings (SSSR count). The number of nitrogens with one attached hydrogen (secondary N) is 1. The highest BCUT2D eigenvalue weighted by molar-refractivity contribution is 5.73. The topological polar surface area (TPSA) is 92.2 Å². The van der Waals surface area contributed by atoms with E-state index in [4.69, 9.17) is 4.74 Å². The van der Waals surface area contributed by atoms with Crippen molar-refractivity contribution in [2.24, 2.45) is 22.7 Å². The van der Waals surface area contributed by atoms with Crippen LogP contribution in [0.2, 0.25) is 0 Å². The van der Waals surface area contributed by atoms with E-state index in [-0.39, 0.29) is 11.2 Å². The van der Waals surface area contributed by atoms with E-state index in [0.717, 1.165) is 62.6 Å². The van der Waals surface area contributed by atoms with Crippen LogP contribution in [0.1, 0.15) is 57.6 Å². The Morgan fingerprint density at radius 2 is 1.86 bits per heavy atom. The maximum Gasteiger partial charge on any atom is 0.282 e. The molecule has 0 unspecified atom stereocenters. The lowest BCUT2D eigenvalue weighted by molar-refractivity contribution is -0.107. The fourth-order valence-electron chi connectivity index (χ4n) is 8.40. The van der Waals surface area contributed by atoms with Crippen molar-refractivity contribution >= 4 is 5.82 Å². The first-order valence-electron chi connectivity index (χ1n) is 15.6. The van der Waals surface area contributed by atoms with Gasteiger partial charge in [0.2, 0.25) is 0 Å². The van der Waals surface area contributed by atoms with Crippen LogP contribution in [0, 0.1) is 28.5 Å². The van der Waals surface area contributed by atoms with Crippen molar-refractivity contribution in [3.63, 3.8) is 0 Å². The van der Waals surface area contributed by atoms with Crippen molar-refractivity contribution in [3.8, 4) is 22.8 Å². The zero-order valence-electron chi connectivity index (χ0n) is 24.5. The van der Waals surface area contributed by atoms with Gasteiger partial charge in [-0.3, -0.25) is 4.90 Å². The summed E-state index contributed by atoms with van der Waals surface area (Å²) in [6.45, 7) is 11.3. The first-order valence-corrected chi connectivity index (χ1v) is 15.6. The minimum absolute atomic E-state index is 0.274. The molecule has 2 aromatic heterocycles. The molecule has 0 radical (unpaired) electrons. The molecule has 3 aliphatic heterocycles. The van der Waals surface area contributed by atoms with Gasteiger partial charge >= 0.3 is 0 Å². The molecule has 220 valence electrons. The zero-order valence-corrected chi connectivity index (χ0v) is 24.5. The van der Waals surface area contributed by atoms with Gasteiger partial charge in [0, 0.05) is 74.0 Å². The van der Waals surface area contributed by atoms with Gasteiger partial charge in [-0.15, -0.1) is 10.2 Å². The summed E-state index contributed by atoms with van der Waals surface area (Å²) in [5, 5.41) is 11.9. The Labute approximate surface area is 246 Å². The summed E-state index contributed by atoms with van der Waals surface area (Å²) in [7, 11) is 0. The average Bonchev–Trinajstić information content (AvgIpc) is 3.68. The van der Waals surface area contributed by atoms with E-state index in [0.29, 0.717) is 46.3 Å². The molecule has 3 saturated heterocycles. The molecule has 10 heteroatoms. The van der Waals surface area contributed by atoms with Crippen molar-refractivity contribution in [1.82, 2.24) is 35.4 Å². The van der Waals surface area contributed by atoms with Crippen LogP contribution in [-0.2, 0) is 0 Å². The minimum atomic E-state index is -0.336. The van der Waals surface area contributed by atoms with Gasteiger partial charge in [-0.1, -0.05) is 13.8 Å². The second-order valence-electron chi connectivity index (χ2n) is 14.0. The normalized spacial score (nSPS) is 23.6. The summed E-state index contributed by atoms with van der Waals surface area (Å²) in [6.07, 6.45) is 10.9. The highest BCUT2D eigenvalue weighted by Gasteiger charge is 2.56. The van der Waals surface area contributed by atoms with Gasteiger partial charge in [0.05, 0.1) is 5.69 Å². The lowest BCUT2D eigenvalue weighted by atomic mass is 9.55. The second kappa shape index (κ2) is 9.91. The Hall–Kier alpha value is -3.24. The number of hydrogen-bond acceptors (Lipinski definition) is 9. The number of aromatic nitrogens is 5. The second-order valence-corrected chi connectivity index (χ2v) is 14.0. The third-order valence-electron chi connectivity index (χ3n) is 10.5. The summed E-state index contributed by atoms with van der Waals surface area (Å²) < 4.78 is 20.9. The Morgan fingerprint density at radius 3 is 2.60 bits per heavy atom. The number of halogens is 1. The summed E-state index contributed by atoms with van der Waals surface area (Å²) in [5.74, 6) is 3.08. The van der Waals surface area contributed by atoms with Crippen molar-refractivity contribution in [2.45, 2.75) is 57.9 Å². The van der Waals surface area contributed by atoms with Crippen LogP contribution < -0.4 is 15.0 Å². The molecular formula is C32H39FN8O. The van der Waals surface area contributed by atoms with E-state index in [1.54, 1.807) is 18.6 Å². The molecule has 42 heavy (non-hydrogen) atoms. The van der Waals surface area contributed by atoms with Crippen molar-refractivity contribution in [3.05, 3.63) is 48.6 Å². The van der Waals surface area contributed by atoms with Crippen LogP contribution in [0.4, 0.5) is 10.2 Å². The van der Waals surface area contributed by atoms with Gasteiger partial charge in [-0.25, -0.2) is 19.3 Å². The molecule has 1 N–H and O–H groups in total.